The summed E-state index contributed by atoms with van der Waals surface area (Å²) in [5.41, 5.74) is 0.704. The normalized spacial score (nSPS) is 20.2. The smallest absolute Gasteiger partial charge is 0.238 e. The molecule has 5 nitrogen and oxygen atoms in total. The van der Waals surface area contributed by atoms with Crippen molar-refractivity contribution in [1.82, 2.24) is 14.9 Å². The van der Waals surface area contributed by atoms with Crippen molar-refractivity contribution in [3.63, 3.8) is 0 Å². The van der Waals surface area contributed by atoms with Gasteiger partial charge in [0.2, 0.25) is 11.8 Å². The number of carbonyl (C=O) groups is 1. The summed E-state index contributed by atoms with van der Waals surface area (Å²) in [6, 6.07) is 6.11. The lowest BCUT2D eigenvalue weighted by Gasteiger charge is -2.24. The van der Waals surface area contributed by atoms with Gasteiger partial charge in [-0.1, -0.05) is 12.1 Å². The second kappa shape index (κ2) is 6.19. The molecule has 4 rings (SSSR count). The van der Waals surface area contributed by atoms with E-state index in [1.165, 1.54) is 12.3 Å². The molecule has 6 heteroatoms. The molecule has 1 amide bonds. The number of nitrogens with zero attached hydrogens (tertiary/aromatic N) is 3. The van der Waals surface area contributed by atoms with Crippen molar-refractivity contribution >= 4 is 5.91 Å². The first-order chi connectivity index (χ1) is 11.7. The monoisotopic (exact) mass is 327 g/mol. The van der Waals surface area contributed by atoms with Crippen molar-refractivity contribution in [2.24, 2.45) is 5.92 Å². The predicted molar refractivity (Wildman–Crippen MR) is 84.9 cm³/mol. The predicted octanol–water partition coefficient (Wildman–Crippen LogP) is 3.48. The van der Waals surface area contributed by atoms with Crippen molar-refractivity contribution in [3.05, 3.63) is 48.2 Å². The van der Waals surface area contributed by atoms with Gasteiger partial charge in [0.05, 0.1) is 24.1 Å². The van der Waals surface area contributed by atoms with Crippen LogP contribution in [0.5, 0.6) is 11.6 Å². The summed E-state index contributed by atoms with van der Waals surface area (Å²) in [7, 11) is 0. The highest BCUT2D eigenvalue weighted by Crippen LogP contribution is 2.38. The Bertz CT molecular complexity index is 763. The molecule has 1 aliphatic carbocycles. The van der Waals surface area contributed by atoms with E-state index in [1.807, 2.05) is 4.90 Å². The van der Waals surface area contributed by atoms with Gasteiger partial charge in [-0.05, 0) is 37.8 Å². The van der Waals surface area contributed by atoms with Crippen LogP contribution in [0.25, 0.3) is 0 Å². The van der Waals surface area contributed by atoms with Crippen LogP contribution in [0, 0.1) is 11.7 Å². The summed E-state index contributed by atoms with van der Waals surface area (Å²) in [6.45, 7) is 0.764. The summed E-state index contributed by atoms with van der Waals surface area (Å²) in [6.07, 6.45) is 6.93. The molecule has 124 valence electrons. The largest absolute Gasteiger partial charge is 0.434 e. The maximum Gasteiger partial charge on any atom is 0.238 e. The molecule has 24 heavy (non-hydrogen) atoms. The highest BCUT2D eigenvalue weighted by Gasteiger charge is 2.39. The minimum absolute atomic E-state index is 0.0604. The molecular formula is C18H18FN3O2. The molecule has 2 fully saturated rings. The zero-order chi connectivity index (χ0) is 16.5. The summed E-state index contributed by atoms with van der Waals surface area (Å²) in [4.78, 5) is 22.9. The highest BCUT2D eigenvalue weighted by atomic mass is 19.1. The first-order valence-corrected chi connectivity index (χ1v) is 8.27. The second-order valence-corrected chi connectivity index (χ2v) is 6.28. The van der Waals surface area contributed by atoms with E-state index in [2.05, 4.69) is 9.97 Å². The quantitative estimate of drug-likeness (QED) is 0.863. The van der Waals surface area contributed by atoms with Crippen LogP contribution in [-0.2, 0) is 4.79 Å². The number of amides is 1. The van der Waals surface area contributed by atoms with Gasteiger partial charge in [0.25, 0.3) is 0 Å². The molecule has 1 saturated carbocycles. The minimum Gasteiger partial charge on any atom is -0.434 e. The van der Waals surface area contributed by atoms with Gasteiger partial charge in [0.1, 0.15) is 0 Å². The lowest BCUT2D eigenvalue weighted by molar-refractivity contribution is -0.133. The lowest BCUT2D eigenvalue weighted by Crippen LogP contribution is -2.32. The Hall–Kier alpha value is -2.50. The number of aromatic nitrogens is 2. The van der Waals surface area contributed by atoms with E-state index in [9.17, 15) is 9.18 Å². The highest BCUT2D eigenvalue weighted by molar-refractivity contribution is 5.81. The average molecular weight is 327 g/mol. The molecule has 1 aromatic carbocycles. The maximum atomic E-state index is 13.7. The number of likely N-dealkylation sites (tertiary alicyclic amines) is 1. The van der Waals surface area contributed by atoms with Crippen LogP contribution in [-0.4, -0.2) is 27.3 Å². The fraction of sp³-hybridized carbons (Fsp3) is 0.389. The van der Waals surface area contributed by atoms with Gasteiger partial charge in [-0.2, -0.15) is 0 Å². The number of para-hydroxylation sites is 1. The molecule has 0 N–H and O–H groups in total. The van der Waals surface area contributed by atoms with Gasteiger partial charge < -0.3 is 9.64 Å². The van der Waals surface area contributed by atoms with E-state index in [0.29, 0.717) is 5.69 Å². The second-order valence-electron chi connectivity index (χ2n) is 6.28. The van der Waals surface area contributed by atoms with Crippen LogP contribution in [0.3, 0.4) is 0 Å². The molecule has 1 aliphatic heterocycles. The average Bonchev–Trinajstić information content (AvgIpc) is 3.33. The van der Waals surface area contributed by atoms with E-state index in [0.717, 1.165) is 32.2 Å². The molecule has 1 aromatic heterocycles. The SMILES string of the molecule is O=C(C1CC1)N1CCCC1c1cncc(Oc2ccccc2F)n1. The van der Waals surface area contributed by atoms with Gasteiger partial charge in [-0.25, -0.2) is 9.37 Å². The minimum atomic E-state index is -0.448. The zero-order valence-corrected chi connectivity index (χ0v) is 13.2. The molecule has 0 bridgehead atoms. The molecule has 2 heterocycles. The molecule has 2 aromatic rings. The van der Waals surface area contributed by atoms with Crippen molar-refractivity contribution in [2.45, 2.75) is 31.7 Å². The summed E-state index contributed by atoms with van der Waals surface area (Å²) < 4.78 is 19.2. The van der Waals surface area contributed by atoms with E-state index in [1.54, 1.807) is 24.4 Å². The summed E-state index contributed by atoms with van der Waals surface area (Å²) in [5.74, 6) is 0.317. The molecule has 0 radical (unpaired) electrons. The molecule has 1 unspecified atom stereocenters. The fourth-order valence-corrected chi connectivity index (χ4v) is 3.12. The lowest BCUT2D eigenvalue weighted by atomic mass is 10.1. The molecule has 2 aliphatic rings. The first-order valence-electron chi connectivity index (χ1n) is 8.27. The number of ether oxygens (including phenoxy) is 1. The number of halogens is 1. The van der Waals surface area contributed by atoms with Crippen molar-refractivity contribution in [1.29, 1.82) is 0 Å². The van der Waals surface area contributed by atoms with E-state index in [-0.39, 0.29) is 29.5 Å². The Labute approximate surface area is 139 Å². The third-order valence-corrected chi connectivity index (χ3v) is 4.49. The van der Waals surface area contributed by atoms with Gasteiger partial charge in [0.15, 0.2) is 11.6 Å². The van der Waals surface area contributed by atoms with Crippen LogP contribution in [0.15, 0.2) is 36.7 Å². The number of rotatable bonds is 4. The summed E-state index contributed by atoms with van der Waals surface area (Å²) in [5, 5.41) is 0. The van der Waals surface area contributed by atoms with E-state index < -0.39 is 5.82 Å². The standard InChI is InChI=1S/C18H18FN3O2/c19-13-4-1-2-6-16(13)24-17-11-20-10-14(21-17)15-5-3-9-22(15)18(23)12-7-8-12/h1-2,4,6,10-12,15H,3,5,7-9H2. The molecule has 0 spiro atoms. The van der Waals surface area contributed by atoms with Gasteiger partial charge in [-0.15, -0.1) is 0 Å². The van der Waals surface area contributed by atoms with Crippen molar-refractivity contribution in [3.8, 4) is 11.6 Å². The molecule has 1 atom stereocenters. The topological polar surface area (TPSA) is 55.3 Å². The Morgan fingerprint density at radius 1 is 1.21 bits per heavy atom. The fourth-order valence-electron chi connectivity index (χ4n) is 3.12. The molecular weight excluding hydrogens is 309 g/mol. The van der Waals surface area contributed by atoms with Crippen molar-refractivity contribution < 1.29 is 13.9 Å². The zero-order valence-electron chi connectivity index (χ0n) is 13.2. The van der Waals surface area contributed by atoms with Crippen molar-refractivity contribution in [2.75, 3.05) is 6.54 Å². The van der Waals surface area contributed by atoms with Crippen LogP contribution >= 0.6 is 0 Å². The number of hydrogen-bond acceptors (Lipinski definition) is 4. The molecule has 1 saturated heterocycles. The van der Waals surface area contributed by atoms with Crippen LogP contribution in [0.1, 0.15) is 37.4 Å². The van der Waals surface area contributed by atoms with Gasteiger partial charge in [-0.3, -0.25) is 9.78 Å². The Kier molecular flexibility index (Phi) is 3.88. The van der Waals surface area contributed by atoms with E-state index in [4.69, 9.17) is 4.74 Å². The van der Waals surface area contributed by atoms with Gasteiger partial charge >= 0.3 is 0 Å². The maximum absolute atomic E-state index is 13.7. The Morgan fingerprint density at radius 3 is 2.83 bits per heavy atom. The Morgan fingerprint density at radius 2 is 2.04 bits per heavy atom. The Balaban J connectivity index is 1.56. The van der Waals surface area contributed by atoms with E-state index >= 15 is 0 Å². The number of hydrogen-bond donors (Lipinski definition) is 0. The third kappa shape index (κ3) is 2.96. The van der Waals surface area contributed by atoms with Crippen LogP contribution in [0.4, 0.5) is 4.39 Å². The third-order valence-electron chi connectivity index (χ3n) is 4.49. The number of benzene rings is 1. The van der Waals surface area contributed by atoms with Crippen LogP contribution in [0.2, 0.25) is 0 Å². The van der Waals surface area contributed by atoms with Gasteiger partial charge in [0, 0.05) is 12.5 Å². The first kappa shape index (κ1) is 15.1. The summed E-state index contributed by atoms with van der Waals surface area (Å²) >= 11 is 0. The van der Waals surface area contributed by atoms with Crippen LogP contribution < -0.4 is 4.74 Å². The number of carbonyl (C=O) groups excluding carboxylic acids is 1.